The Morgan fingerprint density at radius 2 is 1.73 bits per heavy atom. The van der Waals surface area contributed by atoms with Crippen LogP contribution in [0, 0.1) is 5.92 Å². The van der Waals surface area contributed by atoms with Crippen LogP contribution >= 0.6 is 0 Å². The van der Waals surface area contributed by atoms with Gasteiger partial charge in [0.1, 0.15) is 13.2 Å². The van der Waals surface area contributed by atoms with E-state index in [2.05, 4.69) is 9.98 Å². The maximum atomic E-state index is 12.4. The molecule has 0 atom stereocenters. The summed E-state index contributed by atoms with van der Waals surface area (Å²) in [6, 6.07) is 3.27. The van der Waals surface area contributed by atoms with E-state index in [1.165, 1.54) is 0 Å². The van der Waals surface area contributed by atoms with Gasteiger partial charge in [-0.15, -0.1) is 0 Å². The molecule has 8 heteroatoms. The van der Waals surface area contributed by atoms with Gasteiger partial charge in [0.15, 0.2) is 23.2 Å². The van der Waals surface area contributed by atoms with Crippen LogP contribution < -0.4 is 26.7 Å². The van der Waals surface area contributed by atoms with E-state index >= 15 is 0 Å². The van der Waals surface area contributed by atoms with Gasteiger partial charge in [-0.2, -0.15) is 4.99 Å². The Balaban J connectivity index is 2.05. The number of nitrogens with two attached hydrogens (primary N) is 3. The van der Waals surface area contributed by atoms with Gasteiger partial charge in [0.2, 0.25) is 5.96 Å². The van der Waals surface area contributed by atoms with Crippen molar-refractivity contribution in [3.05, 3.63) is 17.7 Å². The van der Waals surface area contributed by atoms with Gasteiger partial charge in [-0.25, -0.2) is 4.99 Å². The van der Waals surface area contributed by atoms with Crippen LogP contribution in [0.15, 0.2) is 22.1 Å². The summed E-state index contributed by atoms with van der Waals surface area (Å²) in [5.41, 5.74) is 17.0. The second-order valence-corrected chi connectivity index (χ2v) is 5.16. The molecule has 1 fully saturated rings. The van der Waals surface area contributed by atoms with Crippen molar-refractivity contribution >= 4 is 23.4 Å². The zero-order valence-electron chi connectivity index (χ0n) is 11.9. The van der Waals surface area contributed by atoms with Crippen LogP contribution in [0.5, 0.6) is 11.5 Å². The number of Topliss-reactive ketones (excluding diaryl/α,β-unsaturated/α-hetero) is 1. The number of benzene rings is 1. The fraction of sp³-hybridized carbons (Fsp3) is 0.357. The number of fused-ring (bicyclic) bond motifs is 1. The van der Waals surface area contributed by atoms with Gasteiger partial charge in [-0.1, -0.05) is 0 Å². The van der Waals surface area contributed by atoms with Crippen molar-refractivity contribution in [2.75, 3.05) is 13.2 Å². The van der Waals surface area contributed by atoms with E-state index in [1.807, 2.05) is 0 Å². The fourth-order valence-electron chi connectivity index (χ4n) is 2.21. The van der Waals surface area contributed by atoms with Crippen LogP contribution in [-0.4, -0.2) is 30.9 Å². The van der Waals surface area contributed by atoms with E-state index in [0.29, 0.717) is 36.0 Å². The summed E-state index contributed by atoms with van der Waals surface area (Å²) in [4.78, 5) is 20.2. The lowest BCUT2D eigenvalue weighted by Crippen LogP contribution is -2.26. The summed E-state index contributed by atoms with van der Waals surface area (Å²) in [5.74, 6) is 0.800. The SMILES string of the molecule is NC(N)=NC(N)=Nc1cc2c(cc1C(=O)C1CC1)OCCO2. The molecule has 1 aromatic carbocycles. The van der Waals surface area contributed by atoms with Gasteiger partial charge >= 0.3 is 0 Å². The summed E-state index contributed by atoms with van der Waals surface area (Å²) in [6.45, 7) is 0.887. The van der Waals surface area contributed by atoms with Crippen LogP contribution in [-0.2, 0) is 0 Å². The van der Waals surface area contributed by atoms with E-state index in [0.717, 1.165) is 12.8 Å². The standard InChI is InChI=1S/C14H17N5O3/c15-13(16)19-14(17)18-9-6-11-10(21-3-4-22-11)5-8(9)12(20)7-1-2-7/h5-7H,1-4H2,(H6,15,16,17,18,19). The third-order valence-corrected chi connectivity index (χ3v) is 3.35. The molecule has 0 bridgehead atoms. The number of nitrogens with zero attached hydrogens (tertiary/aromatic N) is 2. The zero-order chi connectivity index (χ0) is 15.7. The number of hydrogen-bond acceptors (Lipinski definition) is 4. The first-order valence-electron chi connectivity index (χ1n) is 6.96. The number of carbonyl (C=O) groups is 1. The van der Waals surface area contributed by atoms with E-state index in [1.54, 1.807) is 12.1 Å². The molecule has 1 aliphatic carbocycles. The molecule has 0 radical (unpaired) electrons. The highest BCUT2D eigenvalue weighted by Crippen LogP contribution is 2.41. The maximum Gasteiger partial charge on any atom is 0.223 e. The molecule has 1 aliphatic heterocycles. The first-order valence-corrected chi connectivity index (χ1v) is 6.96. The minimum absolute atomic E-state index is 0.0215. The Kier molecular flexibility index (Phi) is 3.58. The lowest BCUT2D eigenvalue weighted by molar-refractivity contribution is 0.0967. The minimum Gasteiger partial charge on any atom is -0.486 e. The van der Waals surface area contributed by atoms with Crippen molar-refractivity contribution < 1.29 is 14.3 Å². The lowest BCUT2D eigenvalue weighted by atomic mass is 10.0. The van der Waals surface area contributed by atoms with Gasteiger partial charge in [0.25, 0.3) is 0 Å². The Bertz CT molecular complexity index is 675. The number of rotatable bonds is 3. The monoisotopic (exact) mass is 303 g/mol. The van der Waals surface area contributed by atoms with Gasteiger partial charge in [0.05, 0.1) is 5.69 Å². The Morgan fingerprint density at radius 1 is 1.09 bits per heavy atom. The fourth-order valence-corrected chi connectivity index (χ4v) is 2.21. The Labute approximate surface area is 127 Å². The van der Waals surface area contributed by atoms with Crippen molar-refractivity contribution in [2.24, 2.45) is 33.1 Å². The molecule has 6 N–H and O–H groups in total. The minimum atomic E-state index is -0.200. The van der Waals surface area contributed by atoms with Crippen LogP contribution in [0.25, 0.3) is 0 Å². The van der Waals surface area contributed by atoms with Crippen LogP contribution in [0.4, 0.5) is 5.69 Å². The normalized spacial score (nSPS) is 17.0. The van der Waals surface area contributed by atoms with Crippen molar-refractivity contribution in [1.29, 1.82) is 0 Å². The molecular weight excluding hydrogens is 286 g/mol. The summed E-state index contributed by atoms with van der Waals surface area (Å²) in [6.07, 6.45) is 1.78. The summed E-state index contributed by atoms with van der Waals surface area (Å²) in [7, 11) is 0. The van der Waals surface area contributed by atoms with Crippen LogP contribution in [0.3, 0.4) is 0 Å². The molecule has 1 aromatic rings. The molecule has 1 saturated carbocycles. The van der Waals surface area contributed by atoms with Crippen molar-refractivity contribution in [3.63, 3.8) is 0 Å². The molecule has 0 saturated heterocycles. The number of hydrogen-bond donors (Lipinski definition) is 3. The van der Waals surface area contributed by atoms with Crippen molar-refractivity contribution in [1.82, 2.24) is 0 Å². The molecular formula is C14H17N5O3. The number of guanidine groups is 2. The predicted octanol–water partition coefficient (Wildman–Crippen LogP) is 0.270. The number of ether oxygens (including phenoxy) is 2. The first kappa shape index (κ1) is 14.2. The van der Waals surface area contributed by atoms with Crippen LogP contribution in [0.2, 0.25) is 0 Å². The smallest absolute Gasteiger partial charge is 0.223 e. The van der Waals surface area contributed by atoms with Gasteiger partial charge in [0, 0.05) is 17.5 Å². The first-order chi connectivity index (χ1) is 10.5. The Morgan fingerprint density at radius 3 is 2.32 bits per heavy atom. The second-order valence-electron chi connectivity index (χ2n) is 5.16. The average Bonchev–Trinajstić information content (AvgIpc) is 3.29. The maximum absolute atomic E-state index is 12.4. The summed E-state index contributed by atoms with van der Waals surface area (Å²) in [5, 5.41) is 0. The highest BCUT2D eigenvalue weighted by molar-refractivity contribution is 6.05. The van der Waals surface area contributed by atoms with E-state index in [9.17, 15) is 4.79 Å². The molecule has 8 nitrogen and oxygen atoms in total. The molecule has 0 amide bonds. The third kappa shape index (κ3) is 2.95. The highest BCUT2D eigenvalue weighted by Gasteiger charge is 2.33. The largest absolute Gasteiger partial charge is 0.486 e. The van der Waals surface area contributed by atoms with Crippen molar-refractivity contribution in [2.45, 2.75) is 12.8 Å². The third-order valence-electron chi connectivity index (χ3n) is 3.35. The van der Waals surface area contributed by atoms with E-state index < -0.39 is 0 Å². The zero-order valence-corrected chi connectivity index (χ0v) is 11.9. The van der Waals surface area contributed by atoms with E-state index in [4.69, 9.17) is 26.7 Å². The number of aliphatic imine (C=N–C) groups is 2. The molecule has 0 aromatic heterocycles. The lowest BCUT2D eigenvalue weighted by Gasteiger charge is -2.20. The van der Waals surface area contributed by atoms with Gasteiger partial charge < -0.3 is 26.7 Å². The summed E-state index contributed by atoms with van der Waals surface area (Å²) < 4.78 is 11.0. The molecule has 3 rings (SSSR count). The molecule has 22 heavy (non-hydrogen) atoms. The molecule has 116 valence electrons. The topological polar surface area (TPSA) is 138 Å². The average molecular weight is 303 g/mol. The Hall–Kier alpha value is -2.77. The molecule has 2 aliphatic rings. The van der Waals surface area contributed by atoms with E-state index in [-0.39, 0.29) is 23.6 Å². The second kappa shape index (κ2) is 5.55. The number of ketones is 1. The predicted molar refractivity (Wildman–Crippen MR) is 81.6 cm³/mol. The molecule has 0 unspecified atom stereocenters. The quantitative estimate of drug-likeness (QED) is 0.416. The van der Waals surface area contributed by atoms with Gasteiger partial charge in [-0.05, 0) is 18.9 Å². The van der Waals surface area contributed by atoms with Crippen LogP contribution in [0.1, 0.15) is 23.2 Å². The molecule has 1 heterocycles. The number of carbonyl (C=O) groups excluding carboxylic acids is 1. The van der Waals surface area contributed by atoms with Gasteiger partial charge in [-0.3, -0.25) is 4.79 Å². The summed E-state index contributed by atoms with van der Waals surface area (Å²) >= 11 is 0. The van der Waals surface area contributed by atoms with Crippen molar-refractivity contribution in [3.8, 4) is 11.5 Å². The molecule has 0 spiro atoms. The highest BCUT2D eigenvalue weighted by atomic mass is 16.6.